The van der Waals surface area contributed by atoms with Crippen LogP contribution >= 0.6 is 0 Å². The van der Waals surface area contributed by atoms with Crippen LogP contribution in [0, 0.1) is 11.3 Å². The quantitative estimate of drug-likeness (QED) is 0.541. The van der Waals surface area contributed by atoms with E-state index in [1.807, 2.05) is 54.4 Å². The van der Waals surface area contributed by atoms with Gasteiger partial charge in [0.2, 0.25) is 0 Å². The van der Waals surface area contributed by atoms with E-state index in [0.717, 1.165) is 36.1 Å². The van der Waals surface area contributed by atoms with Gasteiger partial charge in [0, 0.05) is 62.6 Å². The van der Waals surface area contributed by atoms with Crippen molar-refractivity contribution in [3.8, 4) is 11.8 Å². The van der Waals surface area contributed by atoms with Crippen molar-refractivity contribution in [3.05, 3.63) is 59.8 Å². The van der Waals surface area contributed by atoms with Crippen molar-refractivity contribution in [2.24, 2.45) is 12.0 Å². The molecule has 0 aliphatic carbocycles. The van der Waals surface area contributed by atoms with Gasteiger partial charge in [-0.15, -0.1) is 0 Å². The molecular weight excluding hydrogens is 402 g/mol. The van der Waals surface area contributed by atoms with Crippen LogP contribution in [0.1, 0.15) is 11.1 Å². The van der Waals surface area contributed by atoms with Crippen LogP contribution < -0.4 is 9.64 Å². The molecule has 7 heteroatoms. The van der Waals surface area contributed by atoms with Crippen molar-refractivity contribution in [1.29, 1.82) is 5.26 Å². The second kappa shape index (κ2) is 9.56. The Labute approximate surface area is 188 Å². The monoisotopic (exact) mass is 429 g/mol. The zero-order chi connectivity index (χ0) is 22.5. The van der Waals surface area contributed by atoms with Crippen LogP contribution in [0.3, 0.4) is 0 Å². The number of aliphatic imine (C=N–C) groups is 1. The number of amides is 1. The lowest BCUT2D eigenvalue weighted by Crippen LogP contribution is -2.50. The molecule has 32 heavy (non-hydrogen) atoms. The number of carbonyl (C=O) groups excluding carboxylic acids is 1. The number of rotatable bonds is 7. The highest BCUT2D eigenvalue weighted by atomic mass is 16.5. The van der Waals surface area contributed by atoms with Gasteiger partial charge >= 0.3 is 0 Å². The molecular formula is C25H27N5O2. The van der Waals surface area contributed by atoms with Gasteiger partial charge in [0.25, 0.3) is 5.91 Å². The maximum Gasteiger partial charge on any atom is 0.260 e. The molecule has 1 fully saturated rings. The summed E-state index contributed by atoms with van der Waals surface area (Å²) in [5.41, 5.74) is 4.05. The second-order valence-corrected chi connectivity index (χ2v) is 7.96. The Kier molecular flexibility index (Phi) is 6.41. The predicted octanol–water partition coefficient (Wildman–Crippen LogP) is 3.02. The van der Waals surface area contributed by atoms with E-state index in [9.17, 15) is 4.79 Å². The summed E-state index contributed by atoms with van der Waals surface area (Å²) in [7, 11) is 2.02. The molecule has 0 saturated carbocycles. The average Bonchev–Trinajstić information content (AvgIpc) is 3.16. The minimum Gasteiger partial charge on any atom is -0.484 e. The molecule has 0 bridgehead atoms. The van der Waals surface area contributed by atoms with E-state index >= 15 is 0 Å². The molecule has 0 radical (unpaired) electrons. The van der Waals surface area contributed by atoms with E-state index in [1.165, 1.54) is 5.56 Å². The van der Waals surface area contributed by atoms with Crippen molar-refractivity contribution in [3.63, 3.8) is 0 Å². The molecule has 1 amide bonds. The Hall–Kier alpha value is -3.79. The maximum absolute atomic E-state index is 12.7. The molecule has 4 rings (SSSR count). The molecule has 7 nitrogen and oxygen atoms in total. The Morgan fingerprint density at radius 3 is 2.59 bits per heavy atom. The van der Waals surface area contributed by atoms with Crippen molar-refractivity contribution in [2.75, 3.05) is 44.2 Å². The highest BCUT2D eigenvalue weighted by Crippen LogP contribution is 2.26. The summed E-state index contributed by atoms with van der Waals surface area (Å²) < 4.78 is 7.95. The summed E-state index contributed by atoms with van der Waals surface area (Å²) in [5.74, 6) is 0.690. The van der Waals surface area contributed by atoms with Crippen LogP contribution in [0.2, 0.25) is 0 Å². The summed E-state index contributed by atoms with van der Waals surface area (Å²) in [5, 5.41) is 10.1. The van der Waals surface area contributed by atoms with Gasteiger partial charge in [-0.1, -0.05) is 0 Å². The first kappa shape index (κ1) is 21.4. The number of nitriles is 1. The summed E-state index contributed by atoms with van der Waals surface area (Å²) in [6.45, 7) is 7.09. The molecule has 0 spiro atoms. The van der Waals surface area contributed by atoms with Gasteiger partial charge < -0.3 is 24.1 Å². The summed E-state index contributed by atoms with van der Waals surface area (Å²) in [4.78, 5) is 20.7. The smallest absolute Gasteiger partial charge is 0.260 e. The lowest BCUT2D eigenvalue weighted by atomic mass is 10.1. The van der Waals surface area contributed by atoms with Crippen molar-refractivity contribution < 1.29 is 9.53 Å². The average molecular weight is 430 g/mol. The lowest BCUT2D eigenvalue weighted by molar-refractivity contribution is -0.133. The van der Waals surface area contributed by atoms with E-state index in [0.29, 0.717) is 30.9 Å². The molecule has 0 N–H and O–H groups in total. The third-order valence-electron chi connectivity index (χ3n) is 5.94. The fraction of sp³-hybridized carbons (Fsp3) is 0.320. The fourth-order valence-electron chi connectivity index (χ4n) is 4.14. The number of nitrogens with zero attached hydrogens (tertiary/aromatic N) is 5. The van der Waals surface area contributed by atoms with Gasteiger partial charge in [-0.2, -0.15) is 5.26 Å². The van der Waals surface area contributed by atoms with Gasteiger partial charge in [0.05, 0.1) is 11.6 Å². The van der Waals surface area contributed by atoms with Gasteiger partial charge in [0.1, 0.15) is 5.75 Å². The molecule has 1 aliphatic heterocycles. The van der Waals surface area contributed by atoms with E-state index in [2.05, 4.69) is 33.4 Å². The Balaban J connectivity index is 1.33. The van der Waals surface area contributed by atoms with E-state index in [-0.39, 0.29) is 12.5 Å². The van der Waals surface area contributed by atoms with Crippen LogP contribution in [0.25, 0.3) is 10.9 Å². The van der Waals surface area contributed by atoms with Crippen LogP contribution in [0.15, 0.2) is 53.7 Å². The molecule has 3 aromatic rings. The van der Waals surface area contributed by atoms with Gasteiger partial charge in [-0.05, 0) is 61.2 Å². The first-order valence-corrected chi connectivity index (χ1v) is 10.7. The Morgan fingerprint density at radius 1 is 1.16 bits per heavy atom. The predicted molar refractivity (Wildman–Crippen MR) is 126 cm³/mol. The topological polar surface area (TPSA) is 73.9 Å². The molecule has 1 aromatic heterocycles. The second-order valence-electron chi connectivity index (χ2n) is 7.96. The number of benzene rings is 2. The van der Waals surface area contributed by atoms with Gasteiger partial charge in [-0.3, -0.25) is 4.79 Å². The zero-order valence-corrected chi connectivity index (χ0v) is 18.3. The molecule has 1 saturated heterocycles. The van der Waals surface area contributed by atoms with Crippen molar-refractivity contribution >= 4 is 29.2 Å². The number of fused-ring (bicyclic) bond motifs is 1. The summed E-state index contributed by atoms with van der Waals surface area (Å²) in [6, 6.07) is 15.6. The molecule has 164 valence electrons. The Morgan fingerprint density at radius 2 is 1.91 bits per heavy atom. The van der Waals surface area contributed by atoms with E-state index < -0.39 is 0 Å². The Bertz CT molecular complexity index is 1150. The number of piperazine rings is 1. The van der Waals surface area contributed by atoms with Crippen LogP contribution in [-0.2, 0) is 18.3 Å². The zero-order valence-electron chi connectivity index (χ0n) is 18.3. The normalized spacial score (nSPS) is 13.8. The minimum atomic E-state index is -0.00582. The first-order chi connectivity index (χ1) is 15.6. The standard InChI is InChI=1S/C25H27N5O2/c1-27-10-9-20-17-28(2)24-8-7-22(15-23(20)24)32-18-25(31)30-13-11-29(12-14-30)21-5-3-19(16-26)4-6-21/h3-8,15,17H,1,9-14,18H2,2H3. The van der Waals surface area contributed by atoms with Crippen LogP contribution in [0.5, 0.6) is 5.75 Å². The fourth-order valence-corrected chi connectivity index (χ4v) is 4.14. The van der Waals surface area contributed by atoms with Gasteiger partial charge in [-0.25, -0.2) is 0 Å². The number of carbonyl (C=O) groups is 1. The SMILES string of the molecule is C=NCCc1cn(C)c2ccc(OCC(=O)N3CCN(c4ccc(C#N)cc4)CC3)cc12. The van der Waals surface area contributed by atoms with Crippen molar-refractivity contribution in [1.82, 2.24) is 9.47 Å². The maximum atomic E-state index is 12.7. The number of hydrogen-bond donors (Lipinski definition) is 0. The molecule has 1 aliphatic rings. The van der Waals surface area contributed by atoms with E-state index in [1.54, 1.807) is 0 Å². The largest absolute Gasteiger partial charge is 0.484 e. The van der Waals surface area contributed by atoms with Crippen LogP contribution in [-0.4, -0.2) is 61.4 Å². The number of aromatic nitrogens is 1. The minimum absolute atomic E-state index is 0.00582. The number of aryl methyl sites for hydroxylation is 1. The van der Waals surface area contributed by atoms with Gasteiger partial charge in [0.15, 0.2) is 6.61 Å². The molecule has 2 aromatic carbocycles. The highest BCUT2D eigenvalue weighted by molar-refractivity contribution is 5.85. The lowest BCUT2D eigenvalue weighted by Gasteiger charge is -2.36. The van der Waals surface area contributed by atoms with Crippen molar-refractivity contribution in [2.45, 2.75) is 6.42 Å². The molecule has 0 atom stereocenters. The summed E-state index contributed by atoms with van der Waals surface area (Å²) in [6.07, 6.45) is 2.94. The highest BCUT2D eigenvalue weighted by Gasteiger charge is 2.21. The number of hydrogen-bond acceptors (Lipinski definition) is 5. The molecule has 0 unspecified atom stereocenters. The third-order valence-corrected chi connectivity index (χ3v) is 5.94. The molecule has 2 heterocycles. The third kappa shape index (κ3) is 4.59. The van der Waals surface area contributed by atoms with Crippen LogP contribution in [0.4, 0.5) is 5.69 Å². The number of anilines is 1. The number of ether oxygens (including phenoxy) is 1. The van der Waals surface area contributed by atoms with E-state index in [4.69, 9.17) is 10.00 Å². The summed E-state index contributed by atoms with van der Waals surface area (Å²) >= 11 is 0. The first-order valence-electron chi connectivity index (χ1n) is 10.7.